The highest BCUT2D eigenvalue weighted by atomic mass is 16.5. The Labute approximate surface area is 129 Å². The molecule has 1 fully saturated rings. The average molecular weight is 296 g/mol. The van der Waals surface area contributed by atoms with Crippen LogP contribution in [0.5, 0.6) is 0 Å². The zero-order valence-corrected chi connectivity index (χ0v) is 13.2. The molecule has 2 N–H and O–H groups in total. The van der Waals surface area contributed by atoms with E-state index in [1.165, 1.54) is 12.8 Å². The summed E-state index contributed by atoms with van der Waals surface area (Å²) < 4.78 is 7.60. The normalized spacial score (nSPS) is 14.9. The zero-order chi connectivity index (χ0) is 15.4. The first kappa shape index (κ1) is 13.4. The van der Waals surface area contributed by atoms with Crippen LogP contribution in [-0.2, 0) is 6.54 Å². The number of nitrogen functional groups attached to an aromatic ring is 1. The minimum Gasteiger partial charge on any atom is -0.397 e. The summed E-state index contributed by atoms with van der Waals surface area (Å²) in [6, 6.07) is 4.14. The van der Waals surface area contributed by atoms with Crippen LogP contribution < -0.4 is 5.73 Å². The van der Waals surface area contributed by atoms with E-state index < -0.39 is 0 Å². The Morgan fingerprint density at radius 3 is 2.68 bits per heavy atom. The van der Waals surface area contributed by atoms with Gasteiger partial charge in [-0.15, -0.1) is 0 Å². The van der Waals surface area contributed by atoms with Crippen LogP contribution in [0.3, 0.4) is 0 Å². The fraction of sp³-hybridized carbons (Fsp3) is 0.412. The molecule has 0 spiro atoms. The van der Waals surface area contributed by atoms with Gasteiger partial charge in [0, 0.05) is 12.1 Å². The molecule has 0 atom stereocenters. The van der Waals surface area contributed by atoms with Crippen LogP contribution in [-0.4, -0.2) is 14.7 Å². The lowest BCUT2D eigenvalue weighted by atomic mass is 10.0. The molecule has 2 aromatic heterocycles. The third-order valence-electron chi connectivity index (χ3n) is 4.53. The number of benzene rings is 1. The molecule has 1 aliphatic carbocycles. The SMILES string of the molecule is Cc1noc(C)c1-c1cc(N)c2nc(C)n(CC3CC3)c2c1. The monoisotopic (exact) mass is 296 g/mol. The molecule has 0 aliphatic heterocycles. The summed E-state index contributed by atoms with van der Waals surface area (Å²) in [4.78, 5) is 4.66. The van der Waals surface area contributed by atoms with Crippen LogP contribution >= 0.6 is 0 Å². The molecule has 0 unspecified atom stereocenters. The number of hydrogen-bond donors (Lipinski definition) is 1. The van der Waals surface area contributed by atoms with Crippen molar-refractivity contribution in [1.29, 1.82) is 0 Å². The molecule has 4 rings (SSSR count). The summed E-state index contributed by atoms with van der Waals surface area (Å²) >= 11 is 0. The second-order valence-electron chi connectivity index (χ2n) is 6.35. The highest BCUT2D eigenvalue weighted by Gasteiger charge is 2.24. The van der Waals surface area contributed by atoms with Crippen LogP contribution in [0.1, 0.15) is 30.1 Å². The number of aryl methyl sites for hydroxylation is 3. The minimum absolute atomic E-state index is 0.713. The number of imidazole rings is 1. The van der Waals surface area contributed by atoms with Gasteiger partial charge < -0.3 is 14.8 Å². The molecule has 5 nitrogen and oxygen atoms in total. The van der Waals surface area contributed by atoms with Crippen LogP contribution in [0.4, 0.5) is 5.69 Å². The van der Waals surface area contributed by atoms with Gasteiger partial charge in [-0.25, -0.2) is 4.98 Å². The highest BCUT2D eigenvalue weighted by Crippen LogP contribution is 2.36. The van der Waals surface area contributed by atoms with Crippen molar-refractivity contribution in [2.45, 2.75) is 40.2 Å². The van der Waals surface area contributed by atoms with Crippen molar-refractivity contribution >= 4 is 16.7 Å². The van der Waals surface area contributed by atoms with E-state index >= 15 is 0 Å². The Morgan fingerprint density at radius 2 is 2.05 bits per heavy atom. The average Bonchev–Trinajstić information content (AvgIpc) is 3.15. The molecule has 1 aliphatic rings. The third-order valence-corrected chi connectivity index (χ3v) is 4.53. The summed E-state index contributed by atoms with van der Waals surface area (Å²) in [7, 11) is 0. The molecule has 0 saturated heterocycles. The van der Waals surface area contributed by atoms with Crippen molar-refractivity contribution in [2.75, 3.05) is 5.73 Å². The molecule has 2 heterocycles. The first-order chi connectivity index (χ1) is 10.5. The Morgan fingerprint density at radius 1 is 1.27 bits per heavy atom. The lowest BCUT2D eigenvalue weighted by Crippen LogP contribution is -2.02. The van der Waals surface area contributed by atoms with Gasteiger partial charge in [0.2, 0.25) is 0 Å². The molecule has 1 aromatic carbocycles. The molecule has 0 amide bonds. The maximum absolute atomic E-state index is 6.27. The van der Waals surface area contributed by atoms with Gasteiger partial charge in [0.05, 0.1) is 16.9 Å². The fourth-order valence-electron chi connectivity index (χ4n) is 3.19. The van der Waals surface area contributed by atoms with E-state index in [-0.39, 0.29) is 0 Å². The summed E-state index contributed by atoms with van der Waals surface area (Å²) in [5, 5.41) is 4.05. The van der Waals surface area contributed by atoms with Crippen molar-refractivity contribution < 1.29 is 4.52 Å². The number of nitrogens with two attached hydrogens (primary N) is 1. The van der Waals surface area contributed by atoms with Gasteiger partial charge in [-0.2, -0.15) is 0 Å². The van der Waals surface area contributed by atoms with Crippen LogP contribution in [0.2, 0.25) is 0 Å². The molecule has 0 radical (unpaired) electrons. The zero-order valence-electron chi connectivity index (χ0n) is 13.2. The lowest BCUT2D eigenvalue weighted by molar-refractivity contribution is 0.393. The largest absolute Gasteiger partial charge is 0.397 e. The van der Waals surface area contributed by atoms with Crippen molar-refractivity contribution in [3.8, 4) is 11.1 Å². The number of nitrogens with zero attached hydrogens (tertiary/aromatic N) is 3. The maximum atomic E-state index is 6.27. The molecular formula is C17H20N4O. The van der Waals surface area contributed by atoms with E-state index in [2.05, 4.69) is 27.7 Å². The molecule has 3 aromatic rings. The molecule has 22 heavy (non-hydrogen) atoms. The maximum Gasteiger partial charge on any atom is 0.141 e. The summed E-state index contributed by atoms with van der Waals surface area (Å²) in [5.41, 5.74) is 12.0. The standard InChI is InChI=1S/C17H20N4O/c1-9-16(10(2)22-20-9)13-6-14(18)17-15(7-13)21(11(3)19-17)8-12-4-5-12/h6-7,12H,4-5,8,18H2,1-3H3. The number of anilines is 1. The summed E-state index contributed by atoms with van der Waals surface area (Å²) in [6.45, 7) is 6.98. The van der Waals surface area contributed by atoms with E-state index in [0.717, 1.165) is 51.9 Å². The molecule has 1 saturated carbocycles. The van der Waals surface area contributed by atoms with Crippen molar-refractivity contribution in [1.82, 2.24) is 14.7 Å². The Hall–Kier alpha value is -2.30. The summed E-state index contributed by atoms with van der Waals surface area (Å²) in [6.07, 6.45) is 2.64. The second-order valence-corrected chi connectivity index (χ2v) is 6.35. The van der Waals surface area contributed by atoms with Crippen LogP contribution in [0.15, 0.2) is 16.7 Å². The molecule has 114 valence electrons. The third kappa shape index (κ3) is 2.00. The number of rotatable bonds is 3. The van der Waals surface area contributed by atoms with Gasteiger partial charge in [-0.05, 0) is 57.2 Å². The quantitative estimate of drug-likeness (QED) is 0.750. The minimum atomic E-state index is 0.713. The van der Waals surface area contributed by atoms with Gasteiger partial charge in [0.1, 0.15) is 17.1 Å². The Bertz CT molecular complexity index is 851. The van der Waals surface area contributed by atoms with Crippen molar-refractivity contribution in [3.63, 3.8) is 0 Å². The second kappa shape index (κ2) is 4.60. The van der Waals surface area contributed by atoms with Gasteiger partial charge >= 0.3 is 0 Å². The first-order valence-corrected chi connectivity index (χ1v) is 7.74. The lowest BCUT2D eigenvalue weighted by Gasteiger charge is -2.08. The van der Waals surface area contributed by atoms with Gasteiger partial charge in [0.15, 0.2) is 0 Å². The Balaban J connectivity index is 1.94. The fourth-order valence-corrected chi connectivity index (χ4v) is 3.19. The van der Waals surface area contributed by atoms with Gasteiger partial charge in [0.25, 0.3) is 0 Å². The highest BCUT2D eigenvalue weighted by molar-refractivity contribution is 5.93. The predicted molar refractivity (Wildman–Crippen MR) is 86.6 cm³/mol. The smallest absolute Gasteiger partial charge is 0.141 e. The van der Waals surface area contributed by atoms with E-state index in [1.807, 2.05) is 19.9 Å². The van der Waals surface area contributed by atoms with E-state index in [1.54, 1.807) is 0 Å². The topological polar surface area (TPSA) is 69.9 Å². The summed E-state index contributed by atoms with van der Waals surface area (Å²) in [5.74, 6) is 2.64. The van der Waals surface area contributed by atoms with Crippen LogP contribution in [0, 0.1) is 26.7 Å². The van der Waals surface area contributed by atoms with E-state index in [4.69, 9.17) is 10.3 Å². The van der Waals surface area contributed by atoms with E-state index in [9.17, 15) is 0 Å². The number of hydrogen-bond acceptors (Lipinski definition) is 4. The molecule has 5 heteroatoms. The first-order valence-electron chi connectivity index (χ1n) is 7.74. The van der Waals surface area contributed by atoms with Crippen molar-refractivity contribution in [2.24, 2.45) is 5.92 Å². The van der Waals surface area contributed by atoms with Crippen molar-refractivity contribution in [3.05, 3.63) is 29.4 Å². The molecule has 0 bridgehead atoms. The number of fused-ring (bicyclic) bond motifs is 1. The van der Waals surface area contributed by atoms with E-state index in [0.29, 0.717) is 5.69 Å². The predicted octanol–water partition coefficient (Wildman–Crippen LogP) is 3.61. The Kier molecular flexibility index (Phi) is 2.79. The van der Waals surface area contributed by atoms with Gasteiger partial charge in [-0.3, -0.25) is 0 Å². The molecular weight excluding hydrogens is 276 g/mol. The van der Waals surface area contributed by atoms with Gasteiger partial charge in [-0.1, -0.05) is 5.16 Å². The number of aromatic nitrogens is 3. The van der Waals surface area contributed by atoms with Crippen LogP contribution in [0.25, 0.3) is 22.2 Å².